The third-order valence-electron chi connectivity index (χ3n) is 4.58. The van der Waals surface area contributed by atoms with Crippen molar-refractivity contribution >= 4 is 34.3 Å². The number of halogens is 1. The van der Waals surface area contributed by atoms with E-state index in [1.165, 1.54) is 0 Å². The van der Waals surface area contributed by atoms with E-state index in [1.807, 2.05) is 72.8 Å². The number of para-hydroxylation sites is 1. The Kier molecular flexibility index (Phi) is 5.88. The van der Waals surface area contributed by atoms with E-state index in [4.69, 9.17) is 21.3 Å². The largest absolute Gasteiger partial charge is 0.497 e. The summed E-state index contributed by atoms with van der Waals surface area (Å²) in [5.74, 6) is 1.50. The van der Waals surface area contributed by atoms with Gasteiger partial charge in [0.1, 0.15) is 5.75 Å². The molecule has 0 aliphatic carbocycles. The Morgan fingerprint density at radius 3 is 2.59 bits per heavy atom. The SMILES string of the molecule is COc1cccc(CSc2nc3ccccc3c(=O)n2Cc2ccc(Cl)cc2)c1. The number of nitrogens with zero attached hydrogens (tertiary/aromatic N) is 2. The van der Waals surface area contributed by atoms with Crippen molar-refractivity contribution in [1.82, 2.24) is 9.55 Å². The number of thioether (sulfide) groups is 1. The summed E-state index contributed by atoms with van der Waals surface area (Å²) in [7, 11) is 1.65. The summed E-state index contributed by atoms with van der Waals surface area (Å²) in [6.45, 7) is 0.439. The highest BCUT2D eigenvalue weighted by atomic mass is 35.5. The zero-order valence-corrected chi connectivity index (χ0v) is 17.4. The van der Waals surface area contributed by atoms with Crippen LogP contribution in [0.15, 0.2) is 82.7 Å². The van der Waals surface area contributed by atoms with Crippen molar-refractivity contribution in [2.75, 3.05) is 7.11 Å². The minimum atomic E-state index is -0.0429. The van der Waals surface area contributed by atoms with Gasteiger partial charge < -0.3 is 4.74 Å². The fraction of sp³-hybridized carbons (Fsp3) is 0.130. The first kappa shape index (κ1) is 19.6. The number of fused-ring (bicyclic) bond motifs is 1. The highest BCUT2D eigenvalue weighted by Crippen LogP contribution is 2.25. The molecule has 29 heavy (non-hydrogen) atoms. The molecule has 0 amide bonds. The van der Waals surface area contributed by atoms with Crippen LogP contribution in [0.2, 0.25) is 5.02 Å². The van der Waals surface area contributed by atoms with Crippen molar-refractivity contribution in [1.29, 1.82) is 0 Å². The lowest BCUT2D eigenvalue weighted by molar-refractivity contribution is 0.414. The molecule has 0 aliphatic rings. The van der Waals surface area contributed by atoms with E-state index in [-0.39, 0.29) is 5.56 Å². The maximum absolute atomic E-state index is 13.2. The van der Waals surface area contributed by atoms with Gasteiger partial charge in [-0.3, -0.25) is 9.36 Å². The molecule has 0 bridgehead atoms. The summed E-state index contributed by atoms with van der Waals surface area (Å²) in [4.78, 5) is 18.0. The Morgan fingerprint density at radius 1 is 1.00 bits per heavy atom. The van der Waals surface area contributed by atoms with Gasteiger partial charge in [-0.05, 0) is 47.5 Å². The number of ether oxygens (including phenoxy) is 1. The van der Waals surface area contributed by atoms with Crippen LogP contribution in [0.4, 0.5) is 0 Å². The zero-order valence-electron chi connectivity index (χ0n) is 15.8. The predicted octanol–water partition coefficient (Wildman–Crippen LogP) is 5.40. The lowest BCUT2D eigenvalue weighted by atomic mass is 10.2. The standard InChI is InChI=1S/C23H19ClN2O2S/c1-28-19-6-4-5-17(13-19)15-29-23-25-21-8-3-2-7-20(21)22(27)26(23)14-16-9-11-18(24)12-10-16/h2-13H,14-15H2,1H3. The molecule has 0 radical (unpaired) electrons. The van der Waals surface area contributed by atoms with Gasteiger partial charge >= 0.3 is 0 Å². The quantitative estimate of drug-likeness (QED) is 0.308. The average molecular weight is 423 g/mol. The zero-order chi connectivity index (χ0) is 20.2. The van der Waals surface area contributed by atoms with Gasteiger partial charge in [0.2, 0.25) is 0 Å². The monoisotopic (exact) mass is 422 g/mol. The lowest BCUT2D eigenvalue weighted by Gasteiger charge is -2.13. The Labute approximate surface area is 178 Å². The molecule has 0 N–H and O–H groups in total. The van der Waals surface area contributed by atoms with Gasteiger partial charge in [-0.15, -0.1) is 0 Å². The molecule has 3 aromatic carbocycles. The Morgan fingerprint density at radius 2 is 1.79 bits per heavy atom. The molecular weight excluding hydrogens is 404 g/mol. The van der Waals surface area contributed by atoms with Crippen molar-refractivity contribution in [2.24, 2.45) is 0 Å². The fourth-order valence-corrected chi connectivity index (χ4v) is 4.15. The van der Waals surface area contributed by atoms with Crippen molar-refractivity contribution in [2.45, 2.75) is 17.5 Å². The van der Waals surface area contributed by atoms with Gasteiger partial charge in [0.25, 0.3) is 5.56 Å². The minimum Gasteiger partial charge on any atom is -0.497 e. The van der Waals surface area contributed by atoms with Crippen molar-refractivity contribution in [3.05, 3.63) is 99.3 Å². The summed E-state index contributed by atoms with van der Waals surface area (Å²) in [6.07, 6.45) is 0. The molecule has 6 heteroatoms. The van der Waals surface area contributed by atoms with Crippen molar-refractivity contribution in [3.8, 4) is 5.75 Å². The highest BCUT2D eigenvalue weighted by molar-refractivity contribution is 7.98. The van der Waals surface area contributed by atoms with Crippen LogP contribution >= 0.6 is 23.4 Å². The fourth-order valence-electron chi connectivity index (χ4n) is 3.08. The summed E-state index contributed by atoms with van der Waals surface area (Å²) in [6, 6.07) is 22.9. The molecule has 1 aromatic heterocycles. The molecule has 0 spiro atoms. The second kappa shape index (κ2) is 8.72. The second-order valence-electron chi connectivity index (χ2n) is 6.57. The molecule has 0 fully saturated rings. The van der Waals surface area contributed by atoms with E-state index in [9.17, 15) is 4.79 Å². The number of aromatic nitrogens is 2. The van der Waals surface area contributed by atoms with Gasteiger partial charge in [0, 0.05) is 10.8 Å². The number of hydrogen-bond donors (Lipinski definition) is 0. The lowest BCUT2D eigenvalue weighted by Crippen LogP contribution is -2.24. The van der Waals surface area contributed by atoms with Crippen LogP contribution < -0.4 is 10.3 Å². The molecule has 0 atom stereocenters. The van der Waals surface area contributed by atoms with Crippen LogP contribution in [0, 0.1) is 0 Å². The molecular formula is C23H19ClN2O2S. The minimum absolute atomic E-state index is 0.0429. The normalized spacial score (nSPS) is 11.0. The van der Waals surface area contributed by atoms with E-state index >= 15 is 0 Å². The third-order valence-corrected chi connectivity index (χ3v) is 5.88. The molecule has 4 aromatic rings. The van der Waals surface area contributed by atoms with Gasteiger partial charge in [-0.1, -0.05) is 59.8 Å². The van der Waals surface area contributed by atoms with Gasteiger partial charge in [-0.2, -0.15) is 0 Å². The van der Waals surface area contributed by atoms with E-state index < -0.39 is 0 Å². The molecule has 146 valence electrons. The molecule has 0 saturated heterocycles. The summed E-state index contributed by atoms with van der Waals surface area (Å²) >= 11 is 7.54. The van der Waals surface area contributed by atoms with Crippen LogP contribution in [-0.2, 0) is 12.3 Å². The summed E-state index contributed by atoms with van der Waals surface area (Å²) in [5.41, 5.74) is 2.77. The van der Waals surface area contributed by atoms with Crippen LogP contribution in [0.5, 0.6) is 5.75 Å². The van der Waals surface area contributed by atoms with E-state index in [0.717, 1.165) is 16.9 Å². The smallest absolute Gasteiger partial charge is 0.262 e. The molecule has 0 aliphatic heterocycles. The maximum Gasteiger partial charge on any atom is 0.262 e. The summed E-state index contributed by atoms with van der Waals surface area (Å²) < 4.78 is 7.04. The molecule has 0 unspecified atom stereocenters. The molecule has 4 rings (SSSR count). The third kappa shape index (κ3) is 4.47. The molecule has 0 saturated carbocycles. The van der Waals surface area contributed by atoms with E-state index in [0.29, 0.717) is 33.4 Å². The first-order valence-electron chi connectivity index (χ1n) is 9.14. The van der Waals surface area contributed by atoms with Crippen molar-refractivity contribution in [3.63, 3.8) is 0 Å². The van der Waals surface area contributed by atoms with Crippen LogP contribution in [0.25, 0.3) is 10.9 Å². The first-order chi connectivity index (χ1) is 14.1. The predicted molar refractivity (Wildman–Crippen MR) is 119 cm³/mol. The molecule has 4 nitrogen and oxygen atoms in total. The summed E-state index contributed by atoms with van der Waals surface area (Å²) in [5, 5.41) is 1.98. The van der Waals surface area contributed by atoms with Crippen LogP contribution in [0.3, 0.4) is 0 Å². The van der Waals surface area contributed by atoms with Crippen LogP contribution in [0.1, 0.15) is 11.1 Å². The number of rotatable bonds is 6. The Balaban J connectivity index is 1.72. The van der Waals surface area contributed by atoms with Gasteiger partial charge in [0.15, 0.2) is 5.16 Å². The topological polar surface area (TPSA) is 44.1 Å². The van der Waals surface area contributed by atoms with Gasteiger partial charge in [-0.25, -0.2) is 4.98 Å². The maximum atomic E-state index is 13.2. The number of hydrogen-bond acceptors (Lipinski definition) is 4. The number of methoxy groups -OCH3 is 1. The van der Waals surface area contributed by atoms with Crippen molar-refractivity contribution < 1.29 is 4.74 Å². The van der Waals surface area contributed by atoms with Gasteiger partial charge in [0.05, 0.1) is 24.6 Å². The Hall–Kier alpha value is -2.76. The first-order valence-corrected chi connectivity index (χ1v) is 10.5. The molecule has 1 heterocycles. The highest BCUT2D eigenvalue weighted by Gasteiger charge is 2.12. The second-order valence-corrected chi connectivity index (χ2v) is 7.95. The van der Waals surface area contributed by atoms with E-state index in [2.05, 4.69) is 0 Å². The Bertz CT molecular complexity index is 1210. The number of benzene rings is 3. The van der Waals surface area contributed by atoms with E-state index in [1.54, 1.807) is 23.4 Å². The average Bonchev–Trinajstić information content (AvgIpc) is 2.76. The van der Waals surface area contributed by atoms with Crippen LogP contribution in [-0.4, -0.2) is 16.7 Å².